The van der Waals surface area contributed by atoms with Crippen LogP contribution in [0.5, 0.6) is 0 Å². The van der Waals surface area contributed by atoms with Crippen LogP contribution in [0.4, 0.5) is 13.8 Å². The zero-order valence-electron chi connectivity index (χ0n) is 16.4. The molecule has 0 aliphatic carbocycles. The summed E-state index contributed by atoms with van der Waals surface area (Å²) in [5, 5.41) is 10.8. The third-order valence-electron chi connectivity index (χ3n) is 5.32. The van der Waals surface area contributed by atoms with E-state index in [0.717, 1.165) is 22.5 Å². The van der Waals surface area contributed by atoms with E-state index in [-0.39, 0.29) is 28.6 Å². The maximum Gasteiger partial charge on any atom is 0.324 e. The molecule has 1 aromatic heterocycles. The smallest absolute Gasteiger partial charge is 0.324 e. The van der Waals surface area contributed by atoms with Crippen LogP contribution in [0.3, 0.4) is 0 Å². The van der Waals surface area contributed by atoms with Crippen LogP contribution in [0.25, 0.3) is 0 Å². The van der Waals surface area contributed by atoms with Gasteiger partial charge < -0.3 is 4.90 Å². The molecular weight excluding hydrogens is 424 g/mol. The highest BCUT2D eigenvalue weighted by Crippen LogP contribution is 2.31. The quantitative estimate of drug-likeness (QED) is 0.431. The minimum Gasteiger partial charge on any atom is -0.335 e. The molecule has 6 nitrogen and oxygen atoms in total. The fourth-order valence-corrected chi connectivity index (χ4v) is 4.57. The minimum absolute atomic E-state index is 0.0605. The second-order valence-corrected chi connectivity index (χ2v) is 8.29. The van der Waals surface area contributed by atoms with Gasteiger partial charge in [0.05, 0.1) is 15.8 Å². The standard InChI is InChI=1S/C22H19F2N3O3S/c23-17-5-1-15(2-6-17)21(16-3-7-18(24)8-4-16)25-11-13-26(14-12-25)22(28)19-9-10-20(31-19)27(29)30/h1-10,21H,11-14H2. The molecule has 0 spiro atoms. The highest BCUT2D eigenvalue weighted by Gasteiger charge is 2.29. The molecule has 2 heterocycles. The largest absolute Gasteiger partial charge is 0.335 e. The van der Waals surface area contributed by atoms with Crippen molar-refractivity contribution in [2.45, 2.75) is 6.04 Å². The van der Waals surface area contributed by atoms with Gasteiger partial charge >= 0.3 is 5.00 Å². The fraction of sp³-hybridized carbons (Fsp3) is 0.227. The lowest BCUT2D eigenvalue weighted by Gasteiger charge is -2.39. The molecule has 4 rings (SSSR count). The summed E-state index contributed by atoms with van der Waals surface area (Å²) in [7, 11) is 0. The lowest BCUT2D eigenvalue weighted by molar-refractivity contribution is -0.380. The number of halogens is 2. The number of thiophene rings is 1. The lowest BCUT2D eigenvalue weighted by atomic mass is 9.96. The predicted octanol–water partition coefficient (Wildman–Crippen LogP) is 4.48. The molecule has 1 aliphatic heterocycles. The van der Waals surface area contributed by atoms with Gasteiger partial charge in [0, 0.05) is 32.2 Å². The zero-order chi connectivity index (χ0) is 22.0. The van der Waals surface area contributed by atoms with Crippen LogP contribution in [0.1, 0.15) is 26.8 Å². The van der Waals surface area contributed by atoms with Crippen molar-refractivity contribution in [1.82, 2.24) is 9.80 Å². The zero-order valence-corrected chi connectivity index (χ0v) is 17.2. The van der Waals surface area contributed by atoms with Crippen LogP contribution in [0.2, 0.25) is 0 Å². The van der Waals surface area contributed by atoms with Crippen LogP contribution in [0.15, 0.2) is 60.7 Å². The van der Waals surface area contributed by atoms with E-state index in [9.17, 15) is 23.7 Å². The van der Waals surface area contributed by atoms with Crippen molar-refractivity contribution in [3.8, 4) is 0 Å². The first kappa shape index (κ1) is 21.1. The molecule has 0 N–H and O–H groups in total. The maximum absolute atomic E-state index is 13.5. The highest BCUT2D eigenvalue weighted by atomic mass is 32.1. The van der Waals surface area contributed by atoms with E-state index in [1.807, 2.05) is 0 Å². The molecule has 2 aromatic carbocycles. The number of nitrogens with zero attached hydrogens (tertiary/aromatic N) is 3. The number of rotatable bonds is 5. The number of carbonyl (C=O) groups excluding carboxylic acids is 1. The van der Waals surface area contributed by atoms with Crippen LogP contribution in [-0.4, -0.2) is 46.8 Å². The monoisotopic (exact) mass is 443 g/mol. The van der Waals surface area contributed by atoms with Gasteiger partial charge in [-0.2, -0.15) is 0 Å². The molecule has 1 amide bonds. The van der Waals surface area contributed by atoms with Gasteiger partial charge in [0.25, 0.3) is 5.91 Å². The molecular formula is C22H19F2N3O3S. The number of benzene rings is 2. The Balaban J connectivity index is 1.52. The second-order valence-electron chi connectivity index (χ2n) is 7.23. The van der Waals surface area contributed by atoms with E-state index in [1.165, 1.54) is 36.4 Å². The van der Waals surface area contributed by atoms with Gasteiger partial charge in [-0.1, -0.05) is 35.6 Å². The molecule has 0 radical (unpaired) electrons. The van der Waals surface area contributed by atoms with Crippen molar-refractivity contribution in [2.75, 3.05) is 26.2 Å². The van der Waals surface area contributed by atoms with E-state index in [2.05, 4.69) is 4.90 Å². The normalized spacial score (nSPS) is 14.7. The van der Waals surface area contributed by atoms with E-state index in [1.54, 1.807) is 29.2 Å². The van der Waals surface area contributed by atoms with Crippen LogP contribution in [-0.2, 0) is 0 Å². The van der Waals surface area contributed by atoms with Gasteiger partial charge in [-0.15, -0.1) is 0 Å². The van der Waals surface area contributed by atoms with Crippen molar-refractivity contribution in [2.24, 2.45) is 0 Å². The van der Waals surface area contributed by atoms with Crippen molar-refractivity contribution >= 4 is 22.2 Å². The highest BCUT2D eigenvalue weighted by molar-refractivity contribution is 7.17. The Bertz CT molecular complexity index is 1030. The van der Waals surface area contributed by atoms with Crippen LogP contribution >= 0.6 is 11.3 Å². The average Bonchev–Trinajstić information content (AvgIpc) is 3.27. The Labute approximate surface area is 181 Å². The molecule has 0 atom stereocenters. The molecule has 3 aromatic rings. The predicted molar refractivity (Wildman–Crippen MR) is 113 cm³/mol. The Hall–Kier alpha value is -3.17. The topological polar surface area (TPSA) is 66.7 Å². The van der Waals surface area contributed by atoms with Crippen LogP contribution in [0, 0.1) is 21.7 Å². The number of hydrogen-bond acceptors (Lipinski definition) is 5. The van der Waals surface area contributed by atoms with E-state index >= 15 is 0 Å². The van der Waals surface area contributed by atoms with Gasteiger partial charge in [0.1, 0.15) is 11.6 Å². The summed E-state index contributed by atoms with van der Waals surface area (Å²) in [6.45, 7) is 2.00. The van der Waals surface area contributed by atoms with Crippen LogP contribution < -0.4 is 0 Å². The number of piperazine rings is 1. The molecule has 0 bridgehead atoms. The van der Waals surface area contributed by atoms with Gasteiger partial charge in [-0.05, 0) is 41.5 Å². The molecule has 0 saturated carbocycles. The first-order chi connectivity index (χ1) is 14.9. The summed E-state index contributed by atoms with van der Waals surface area (Å²) >= 11 is 0.871. The minimum atomic E-state index is -0.505. The summed E-state index contributed by atoms with van der Waals surface area (Å²) in [6, 6.07) is 15.1. The molecule has 31 heavy (non-hydrogen) atoms. The second kappa shape index (κ2) is 8.91. The number of amides is 1. The molecule has 1 aliphatic rings. The average molecular weight is 443 g/mol. The van der Waals surface area contributed by atoms with Gasteiger partial charge in [0.2, 0.25) is 0 Å². The van der Waals surface area contributed by atoms with E-state index in [4.69, 9.17) is 0 Å². The maximum atomic E-state index is 13.5. The van der Waals surface area contributed by atoms with Gasteiger partial charge in [-0.25, -0.2) is 8.78 Å². The lowest BCUT2D eigenvalue weighted by Crippen LogP contribution is -2.49. The van der Waals surface area contributed by atoms with Gasteiger partial charge in [-0.3, -0.25) is 19.8 Å². The first-order valence-corrected chi connectivity index (χ1v) is 10.5. The SMILES string of the molecule is O=C(c1ccc([N+](=O)[O-])s1)N1CCN(C(c2ccc(F)cc2)c2ccc(F)cc2)CC1. The Morgan fingerprint density at radius 2 is 1.39 bits per heavy atom. The molecule has 1 fully saturated rings. The fourth-order valence-electron chi connectivity index (χ4n) is 3.78. The Morgan fingerprint density at radius 3 is 1.84 bits per heavy atom. The third-order valence-corrected chi connectivity index (χ3v) is 6.35. The van der Waals surface area contributed by atoms with Gasteiger partial charge in [0.15, 0.2) is 0 Å². The summed E-state index contributed by atoms with van der Waals surface area (Å²) < 4.78 is 26.9. The number of nitro groups is 1. The van der Waals surface area contributed by atoms with Crippen molar-refractivity contribution < 1.29 is 18.5 Å². The van der Waals surface area contributed by atoms with E-state index < -0.39 is 4.92 Å². The van der Waals surface area contributed by atoms with E-state index in [0.29, 0.717) is 31.1 Å². The molecule has 9 heteroatoms. The summed E-state index contributed by atoms with van der Waals surface area (Å²) in [6.07, 6.45) is 0. The summed E-state index contributed by atoms with van der Waals surface area (Å²) in [5.41, 5.74) is 1.75. The first-order valence-electron chi connectivity index (χ1n) is 9.71. The van der Waals surface area contributed by atoms with Crippen molar-refractivity contribution in [3.63, 3.8) is 0 Å². The Kier molecular flexibility index (Phi) is 6.06. The summed E-state index contributed by atoms with van der Waals surface area (Å²) in [5.74, 6) is -0.887. The summed E-state index contributed by atoms with van der Waals surface area (Å²) in [4.78, 5) is 27.3. The molecule has 1 saturated heterocycles. The third kappa shape index (κ3) is 4.62. The van der Waals surface area contributed by atoms with Crippen molar-refractivity contribution in [3.05, 3.63) is 98.4 Å². The number of hydrogen-bond donors (Lipinski definition) is 0. The number of carbonyl (C=O) groups is 1. The molecule has 0 unspecified atom stereocenters. The molecule has 160 valence electrons. The Morgan fingerprint density at radius 1 is 0.871 bits per heavy atom. The van der Waals surface area contributed by atoms with Crippen molar-refractivity contribution in [1.29, 1.82) is 0 Å².